The number of benzene rings is 1. The van der Waals surface area contributed by atoms with E-state index in [4.69, 9.17) is 0 Å². The van der Waals surface area contributed by atoms with Gasteiger partial charge in [-0.3, -0.25) is 29.2 Å². The van der Waals surface area contributed by atoms with Crippen molar-refractivity contribution < 1.29 is 19.2 Å². The fourth-order valence-electron chi connectivity index (χ4n) is 5.98. The quantitative estimate of drug-likeness (QED) is 0.654. The van der Waals surface area contributed by atoms with Gasteiger partial charge in [-0.2, -0.15) is 5.10 Å². The van der Waals surface area contributed by atoms with Gasteiger partial charge in [0, 0.05) is 73.8 Å². The highest BCUT2D eigenvalue weighted by molar-refractivity contribution is 6.06. The highest BCUT2D eigenvalue weighted by Crippen LogP contribution is 2.45. The first-order valence-electron chi connectivity index (χ1n) is 12.2. The SMILES string of the molecule is O=C1CCC(N2Cc3c(cccc3N3CC4(CCN(C(=O)Cn5cccn5)CC4)C3)C2=O)C(=O)N1. The lowest BCUT2D eigenvalue weighted by molar-refractivity contribution is -0.137. The van der Waals surface area contributed by atoms with Crippen LogP contribution in [0.25, 0.3) is 0 Å². The number of nitrogens with one attached hydrogen (secondary N) is 1. The molecule has 0 bridgehead atoms. The van der Waals surface area contributed by atoms with Crippen molar-refractivity contribution in [2.75, 3.05) is 31.1 Å². The highest BCUT2D eigenvalue weighted by Gasteiger charge is 2.47. The Hall–Kier alpha value is -3.69. The van der Waals surface area contributed by atoms with Crippen LogP contribution in [0.15, 0.2) is 36.7 Å². The van der Waals surface area contributed by atoms with Crippen molar-refractivity contribution >= 4 is 29.3 Å². The summed E-state index contributed by atoms with van der Waals surface area (Å²) in [6.45, 7) is 3.97. The lowest BCUT2D eigenvalue weighted by atomic mass is 9.71. The van der Waals surface area contributed by atoms with E-state index in [0.717, 1.165) is 50.3 Å². The second-order valence-corrected chi connectivity index (χ2v) is 10.1. The minimum atomic E-state index is -0.605. The maximum absolute atomic E-state index is 13.1. The van der Waals surface area contributed by atoms with Crippen molar-refractivity contribution in [3.05, 3.63) is 47.8 Å². The topological polar surface area (TPSA) is 108 Å². The zero-order valence-electron chi connectivity index (χ0n) is 19.5. The van der Waals surface area contributed by atoms with Crippen LogP contribution in [0.4, 0.5) is 5.69 Å². The molecule has 0 radical (unpaired) electrons. The van der Waals surface area contributed by atoms with Crippen molar-refractivity contribution in [3.8, 4) is 0 Å². The van der Waals surface area contributed by atoms with E-state index in [2.05, 4.69) is 21.4 Å². The number of rotatable bonds is 4. The standard InChI is InChI=1S/C25H28N6O4/c32-21-6-5-20(23(34)27-21)31-13-18-17(24(31)35)3-1-4-19(18)29-15-25(16-29)7-11-28(12-8-25)22(33)14-30-10-2-9-26-30/h1-4,9-10,20H,5-8,11-16H2,(H,27,32,34). The second-order valence-electron chi connectivity index (χ2n) is 10.1. The van der Waals surface area contributed by atoms with Gasteiger partial charge < -0.3 is 14.7 Å². The molecule has 182 valence electrons. The number of likely N-dealkylation sites (tertiary alicyclic amines) is 1. The summed E-state index contributed by atoms with van der Waals surface area (Å²) in [6, 6.07) is 7.00. The van der Waals surface area contributed by atoms with E-state index >= 15 is 0 Å². The van der Waals surface area contributed by atoms with Crippen LogP contribution >= 0.6 is 0 Å². The summed E-state index contributed by atoms with van der Waals surface area (Å²) in [5.41, 5.74) is 2.85. The van der Waals surface area contributed by atoms with Gasteiger partial charge in [0.2, 0.25) is 17.7 Å². The molecule has 4 aliphatic rings. The lowest BCUT2D eigenvalue weighted by Crippen LogP contribution is -2.61. The van der Waals surface area contributed by atoms with E-state index in [1.165, 1.54) is 0 Å². The van der Waals surface area contributed by atoms with Crippen LogP contribution in [0.2, 0.25) is 0 Å². The molecule has 2 aromatic rings. The number of piperidine rings is 2. The minimum Gasteiger partial charge on any atom is -0.370 e. The van der Waals surface area contributed by atoms with Crippen LogP contribution in [0.1, 0.15) is 41.6 Å². The van der Waals surface area contributed by atoms with Crippen LogP contribution in [0.5, 0.6) is 0 Å². The minimum absolute atomic E-state index is 0.104. The van der Waals surface area contributed by atoms with Gasteiger partial charge in [-0.15, -0.1) is 0 Å². The number of carbonyl (C=O) groups is 4. The largest absolute Gasteiger partial charge is 0.370 e. The monoisotopic (exact) mass is 476 g/mol. The Kier molecular flexibility index (Phi) is 5.12. The molecule has 3 fully saturated rings. The number of hydrogen-bond acceptors (Lipinski definition) is 6. The van der Waals surface area contributed by atoms with Gasteiger partial charge >= 0.3 is 0 Å². The molecular weight excluding hydrogens is 448 g/mol. The van der Waals surface area contributed by atoms with Gasteiger partial charge in [0.1, 0.15) is 12.6 Å². The number of imide groups is 1. The number of amides is 4. The van der Waals surface area contributed by atoms with Crippen molar-refractivity contribution in [1.82, 2.24) is 24.9 Å². The molecule has 1 spiro atoms. The van der Waals surface area contributed by atoms with Crippen LogP contribution in [0, 0.1) is 5.41 Å². The normalized spacial score (nSPS) is 23.4. The number of fused-ring (bicyclic) bond motifs is 1. The number of carbonyl (C=O) groups excluding carboxylic acids is 4. The van der Waals surface area contributed by atoms with E-state index in [1.807, 2.05) is 23.1 Å². The summed E-state index contributed by atoms with van der Waals surface area (Å²) in [5, 5.41) is 6.49. The molecule has 1 unspecified atom stereocenters. The van der Waals surface area contributed by atoms with Crippen LogP contribution in [0.3, 0.4) is 0 Å². The Bertz CT molecular complexity index is 1190. The van der Waals surface area contributed by atoms with Gasteiger partial charge in [0.05, 0.1) is 0 Å². The summed E-state index contributed by atoms with van der Waals surface area (Å²) in [5.74, 6) is -0.708. The third-order valence-electron chi connectivity index (χ3n) is 7.98. The Morgan fingerprint density at radius 2 is 1.91 bits per heavy atom. The van der Waals surface area contributed by atoms with Crippen molar-refractivity contribution in [2.45, 2.75) is 44.8 Å². The first-order chi connectivity index (χ1) is 16.9. The molecule has 4 aliphatic heterocycles. The average Bonchev–Trinajstić information content (AvgIpc) is 3.45. The summed E-state index contributed by atoms with van der Waals surface area (Å²) >= 11 is 0. The van der Waals surface area contributed by atoms with Gasteiger partial charge in [0.25, 0.3) is 5.91 Å². The van der Waals surface area contributed by atoms with Gasteiger partial charge in [-0.25, -0.2) is 0 Å². The van der Waals surface area contributed by atoms with Gasteiger partial charge in [-0.1, -0.05) is 6.07 Å². The Labute approximate surface area is 202 Å². The number of aromatic nitrogens is 2. The number of nitrogens with zero attached hydrogens (tertiary/aromatic N) is 5. The summed E-state index contributed by atoms with van der Waals surface area (Å²) in [4.78, 5) is 55.5. The second kappa shape index (κ2) is 8.21. The summed E-state index contributed by atoms with van der Waals surface area (Å²) in [6.07, 6.45) is 6.02. The first kappa shape index (κ1) is 21.8. The smallest absolute Gasteiger partial charge is 0.255 e. The van der Waals surface area contributed by atoms with Crippen molar-refractivity contribution in [1.29, 1.82) is 0 Å². The molecule has 10 nitrogen and oxygen atoms in total. The molecular formula is C25H28N6O4. The van der Waals surface area contributed by atoms with E-state index in [1.54, 1.807) is 22.0 Å². The Morgan fingerprint density at radius 3 is 2.63 bits per heavy atom. The fraction of sp³-hybridized carbons (Fsp3) is 0.480. The number of anilines is 1. The van der Waals surface area contributed by atoms with E-state index in [0.29, 0.717) is 18.5 Å². The van der Waals surface area contributed by atoms with E-state index in [-0.39, 0.29) is 42.0 Å². The molecule has 3 saturated heterocycles. The summed E-state index contributed by atoms with van der Waals surface area (Å²) < 4.78 is 1.66. The van der Waals surface area contributed by atoms with Crippen molar-refractivity contribution in [2.24, 2.45) is 5.41 Å². The van der Waals surface area contributed by atoms with Crippen LogP contribution < -0.4 is 10.2 Å². The molecule has 35 heavy (non-hydrogen) atoms. The molecule has 1 aromatic heterocycles. The molecule has 0 aliphatic carbocycles. The molecule has 4 amide bonds. The molecule has 5 heterocycles. The van der Waals surface area contributed by atoms with Crippen LogP contribution in [-0.2, 0) is 27.5 Å². The molecule has 0 saturated carbocycles. The van der Waals surface area contributed by atoms with E-state index < -0.39 is 6.04 Å². The van der Waals surface area contributed by atoms with E-state index in [9.17, 15) is 19.2 Å². The third kappa shape index (κ3) is 3.77. The molecule has 1 aromatic carbocycles. The zero-order chi connectivity index (χ0) is 24.2. The zero-order valence-corrected chi connectivity index (χ0v) is 19.5. The first-order valence-corrected chi connectivity index (χ1v) is 12.2. The average molecular weight is 477 g/mol. The maximum atomic E-state index is 13.1. The Balaban J connectivity index is 1.10. The summed E-state index contributed by atoms with van der Waals surface area (Å²) in [7, 11) is 0. The third-order valence-corrected chi connectivity index (χ3v) is 7.98. The molecule has 1 N–H and O–H groups in total. The maximum Gasteiger partial charge on any atom is 0.255 e. The lowest BCUT2D eigenvalue weighted by Gasteiger charge is -2.55. The molecule has 10 heteroatoms. The highest BCUT2D eigenvalue weighted by atomic mass is 16.2. The van der Waals surface area contributed by atoms with Gasteiger partial charge in [0.15, 0.2) is 0 Å². The predicted molar refractivity (Wildman–Crippen MR) is 125 cm³/mol. The number of hydrogen-bond donors (Lipinski definition) is 1. The molecule has 6 rings (SSSR count). The fourth-order valence-corrected chi connectivity index (χ4v) is 5.98. The van der Waals surface area contributed by atoms with Crippen LogP contribution in [-0.4, -0.2) is 75.4 Å². The van der Waals surface area contributed by atoms with Crippen molar-refractivity contribution in [3.63, 3.8) is 0 Å². The Morgan fingerprint density at radius 1 is 1.11 bits per heavy atom. The van der Waals surface area contributed by atoms with Gasteiger partial charge in [-0.05, 0) is 37.5 Å². The molecule has 1 atom stereocenters. The predicted octanol–water partition coefficient (Wildman–Crippen LogP) is 0.773.